The van der Waals surface area contributed by atoms with Crippen molar-refractivity contribution in [3.05, 3.63) is 64.6 Å². The van der Waals surface area contributed by atoms with E-state index in [4.69, 9.17) is 4.74 Å². The fourth-order valence-corrected chi connectivity index (χ4v) is 4.37. The van der Waals surface area contributed by atoms with Crippen LogP contribution in [0, 0.1) is 0 Å². The lowest BCUT2D eigenvalue weighted by Gasteiger charge is -2.35. The van der Waals surface area contributed by atoms with Crippen molar-refractivity contribution in [2.24, 2.45) is 0 Å². The number of benzene rings is 2. The second kappa shape index (κ2) is 9.94. The molecule has 0 radical (unpaired) electrons. The van der Waals surface area contributed by atoms with Crippen LogP contribution in [0.15, 0.2) is 53.3 Å². The molecule has 2 amide bonds. The van der Waals surface area contributed by atoms with Gasteiger partial charge in [-0.05, 0) is 42.8 Å². The predicted molar refractivity (Wildman–Crippen MR) is 127 cm³/mol. The minimum atomic E-state index is -0.0687. The maximum absolute atomic E-state index is 12.9. The number of methoxy groups -OCH3 is 1. The van der Waals surface area contributed by atoms with E-state index in [1.807, 2.05) is 31.2 Å². The van der Waals surface area contributed by atoms with Gasteiger partial charge in [0.2, 0.25) is 5.91 Å². The molecule has 3 aromatic rings. The number of carbonyl (C=O) groups excluding carboxylic acids is 2. The van der Waals surface area contributed by atoms with Crippen molar-refractivity contribution in [1.29, 1.82) is 0 Å². The highest BCUT2D eigenvalue weighted by Crippen LogP contribution is 2.16. The molecule has 1 fully saturated rings. The number of para-hydroxylation sites is 2. The third kappa shape index (κ3) is 4.65. The van der Waals surface area contributed by atoms with Gasteiger partial charge >= 0.3 is 5.69 Å². The number of imidazole rings is 1. The zero-order valence-corrected chi connectivity index (χ0v) is 19.2. The summed E-state index contributed by atoms with van der Waals surface area (Å²) in [6, 6.07) is 14.8. The van der Waals surface area contributed by atoms with E-state index in [0.717, 1.165) is 17.5 Å². The van der Waals surface area contributed by atoms with Crippen LogP contribution in [-0.2, 0) is 17.9 Å². The molecule has 0 N–H and O–H groups in total. The summed E-state index contributed by atoms with van der Waals surface area (Å²) in [7, 11) is 1.59. The Balaban J connectivity index is 1.36. The molecule has 1 aliphatic rings. The topological polar surface area (TPSA) is 76.8 Å². The lowest BCUT2D eigenvalue weighted by molar-refractivity contribution is -0.132. The van der Waals surface area contributed by atoms with Crippen LogP contribution in [0.4, 0.5) is 0 Å². The lowest BCUT2D eigenvalue weighted by Crippen LogP contribution is -2.50. The van der Waals surface area contributed by atoms with E-state index in [2.05, 4.69) is 0 Å². The van der Waals surface area contributed by atoms with Crippen LogP contribution in [0.2, 0.25) is 0 Å². The standard InChI is InChI=1S/C25H30N4O4/c1-3-13-28-21-6-4-5-7-22(21)29(25(28)32)14-12-23(30)26-15-17-27(18-16-26)24(31)19-8-10-20(33-2)11-9-19/h4-11H,3,12-18H2,1-2H3. The number of piperazine rings is 1. The van der Waals surface area contributed by atoms with Crippen molar-refractivity contribution in [1.82, 2.24) is 18.9 Å². The Bertz CT molecular complexity index is 1190. The lowest BCUT2D eigenvalue weighted by atomic mass is 10.1. The van der Waals surface area contributed by atoms with Crippen molar-refractivity contribution in [2.75, 3.05) is 33.3 Å². The molecule has 2 aromatic carbocycles. The molecule has 0 atom stereocenters. The van der Waals surface area contributed by atoms with E-state index in [0.29, 0.717) is 50.6 Å². The maximum atomic E-state index is 12.9. The Labute approximate surface area is 193 Å². The monoisotopic (exact) mass is 450 g/mol. The number of hydrogen-bond donors (Lipinski definition) is 0. The summed E-state index contributed by atoms with van der Waals surface area (Å²) in [6.45, 7) is 5.02. The van der Waals surface area contributed by atoms with Gasteiger partial charge in [-0.25, -0.2) is 4.79 Å². The highest BCUT2D eigenvalue weighted by atomic mass is 16.5. The number of aryl methyl sites for hydroxylation is 2. The van der Waals surface area contributed by atoms with E-state index >= 15 is 0 Å². The number of rotatable bonds is 7. The molecule has 0 spiro atoms. The van der Waals surface area contributed by atoms with Gasteiger partial charge in [0.25, 0.3) is 5.91 Å². The van der Waals surface area contributed by atoms with Crippen LogP contribution in [0.25, 0.3) is 11.0 Å². The first-order valence-electron chi connectivity index (χ1n) is 11.4. The van der Waals surface area contributed by atoms with Gasteiger partial charge in [-0.1, -0.05) is 19.1 Å². The van der Waals surface area contributed by atoms with Gasteiger partial charge in [-0.3, -0.25) is 18.7 Å². The molecule has 33 heavy (non-hydrogen) atoms. The average Bonchev–Trinajstić information content (AvgIpc) is 3.13. The zero-order chi connectivity index (χ0) is 23.4. The van der Waals surface area contributed by atoms with E-state index in [-0.39, 0.29) is 23.9 Å². The van der Waals surface area contributed by atoms with Crippen molar-refractivity contribution in [2.45, 2.75) is 32.9 Å². The molecule has 8 heteroatoms. The van der Waals surface area contributed by atoms with Crippen LogP contribution >= 0.6 is 0 Å². The second-order valence-electron chi connectivity index (χ2n) is 8.23. The highest BCUT2D eigenvalue weighted by molar-refractivity contribution is 5.94. The van der Waals surface area contributed by atoms with Crippen LogP contribution in [0.1, 0.15) is 30.1 Å². The van der Waals surface area contributed by atoms with Crippen LogP contribution in [0.5, 0.6) is 5.75 Å². The normalized spacial score (nSPS) is 14.0. The summed E-state index contributed by atoms with van der Waals surface area (Å²) < 4.78 is 8.62. The molecule has 0 unspecified atom stereocenters. The molecular formula is C25H30N4O4. The maximum Gasteiger partial charge on any atom is 0.329 e. The van der Waals surface area contributed by atoms with E-state index in [1.54, 1.807) is 50.3 Å². The van der Waals surface area contributed by atoms with Crippen LogP contribution in [0.3, 0.4) is 0 Å². The van der Waals surface area contributed by atoms with Crippen LogP contribution < -0.4 is 10.4 Å². The Morgan fingerprint density at radius 1 is 0.848 bits per heavy atom. The summed E-state index contributed by atoms with van der Waals surface area (Å²) in [5, 5.41) is 0. The molecule has 1 aromatic heterocycles. The summed E-state index contributed by atoms with van der Waals surface area (Å²) >= 11 is 0. The summed E-state index contributed by atoms with van der Waals surface area (Å²) in [6.07, 6.45) is 1.12. The fraction of sp³-hybridized carbons (Fsp3) is 0.400. The molecule has 2 heterocycles. The molecule has 0 aliphatic carbocycles. The van der Waals surface area contributed by atoms with Gasteiger partial charge in [0.15, 0.2) is 0 Å². The Morgan fingerprint density at radius 2 is 1.42 bits per heavy atom. The number of nitrogens with zero attached hydrogens (tertiary/aromatic N) is 4. The molecule has 1 aliphatic heterocycles. The van der Waals surface area contributed by atoms with Gasteiger partial charge in [-0.15, -0.1) is 0 Å². The van der Waals surface area contributed by atoms with Gasteiger partial charge in [0.1, 0.15) is 5.75 Å². The Hall–Kier alpha value is -3.55. The number of ether oxygens (including phenoxy) is 1. The third-order valence-electron chi connectivity index (χ3n) is 6.18. The van der Waals surface area contributed by atoms with E-state index in [1.165, 1.54) is 0 Å². The SMILES string of the molecule is CCCn1c(=O)n(CCC(=O)N2CCN(C(=O)c3ccc(OC)cc3)CC2)c2ccccc21. The molecule has 0 saturated carbocycles. The number of hydrogen-bond acceptors (Lipinski definition) is 4. The van der Waals surface area contributed by atoms with E-state index in [9.17, 15) is 14.4 Å². The molecular weight excluding hydrogens is 420 g/mol. The summed E-state index contributed by atoms with van der Waals surface area (Å²) in [5.41, 5.74) is 2.31. The van der Waals surface area contributed by atoms with Crippen molar-refractivity contribution in [3.63, 3.8) is 0 Å². The van der Waals surface area contributed by atoms with Gasteiger partial charge in [0.05, 0.1) is 18.1 Å². The van der Waals surface area contributed by atoms with Gasteiger partial charge < -0.3 is 14.5 Å². The quantitative estimate of drug-likeness (QED) is 0.555. The molecule has 1 saturated heterocycles. The van der Waals surface area contributed by atoms with Crippen LogP contribution in [-0.4, -0.2) is 64.0 Å². The third-order valence-corrected chi connectivity index (χ3v) is 6.18. The minimum Gasteiger partial charge on any atom is -0.497 e. The Morgan fingerprint density at radius 3 is 2.00 bits per heavy atom. The number of amides is 2. The molecule has 0 bridgehead atoms. The van der Waals surface area contributed by atoms with Gasteiger partial charge in [0, 0.05) is 51.3 Å². The van der Waals surface area contributed by atoms with E-state index < -0.39 is 0 Å². The van der Waals surface area contributed by atoms with Gasteiger partial charge in [-0.2, -0.15) is 0 Å². The highest BCUT2D eigenvalue weighted by Gasteiger charge is 2.25. The molecule has 8 nitrogen and oxygen atoms in total. The van der Waals surface area contributed by atoms with Crippen molar-refractivity contribution in [3.8, 4) is 5.75 Å². The molecule has 174 valence electrons. The molecule has 4 rings (SSSR count). The van der Waals surface area contributed by atoms with Crippen molar-refractivity contribution >= 4 is 22.8 Å². The summed E-state index contributed by atoms with van der Waals surface area (Å²) in [4.78, 5) is 42.1. The number of fused-ring (bicyclic) bond motifs is 1. The average molecular weight is 451 g/mol. The number of aromatic nitrogens is 2. The Kier molecular flexibility index (Phi) is 6.82. The van der Waals surface area contributed by atoms with Crippen molar-refractivity contribution < 1.29 is 14.3 Å². The first-order chi connectivity index (χ1) is 16.0. The summed E-state index contributed by atoms with van der Waals surface area (Å²) in [5.74, 6) is 0.671. The second-order valence-corrected chi connectivity index (χ2v) is 8.23. The predicted octanol–water partition coefficient (Wildman–Crippen LogP) is 2.60. The fourth-order valence-electron chi connectivity index (χ4n) is 4.37. The smallest absolute Gasteiger partial charge is 0.329 e. The number of carbonyl (C=O) groups is 2. The zero-order valence-electron chi connectivity index (χ0n) is 19.2. The largest absolute Gasteiger partial charge is 0.497 e. The first-order valence-corrected chi connectivity index (χ1v) is 11.4. The first kappa shape index (κ1) is 22.6. The minimum absolute atomic E-state index is 0.00534.